The second-order valence-corrected chi connectivity index (χ2v) is 8.84. The molecule has 0 atom stereocenters. The van der Waals surface area contributed by atoms with Crippen molar-refractivity contribution in [3.8, 4) is 0 Å². The van der Waals surface area contributed by atoms with Crippen molar-refractivity contribution < 1.29 is 9.59 Å². The quantitative estimate of drug-likeness (QED) is 0.513. The Bertz CT molecular complexity index is 1260. The highest BCUT2D eigenvalue weighted by atomic mass is 35.5. The largest absolute Gasteiger partial charge is 0.354 e. The van der Waals surface area contributed by atoms with Crippen LogP contribution in [0.2, 0.25) is 5.02 Å². The molecule has 174 valence electrons. The van der Waals surface area contributed by atoms with Gasteiger partial charge >= 0.3 is 0 Å². The molecule has 0 spiro atoms. The van der Waals surface area contributed by atoms with Crippen molar-refractivity contribution in [2.75, 3.05) is 19.6 Å². The molecule has 8 nitrogen and oxygen atoms in total. The Morgan fingerprint density at radius 3 is 2.70 bits per heavy atom. The number of nitrogens with zero attached hydrogens (tertiary/aromatic N) is 4. The molecule has 1 fully saturated rings. The van der Waals surface area contributed by atoms with Gasteiger partial charge in [-0.05, 0) is 38.3 Å². The lowest BCUT2D eigenvalue weighted by Gasteiger charge is -2.15. The Morgan fingerprint density at radius 1 is 1.18 bits per heavy atom. The number of likely N-dealkylation sites (tertiary alicyclic amines) is 1. The first-order chi connectivity index (χ1) is 15.9. The first kappa shape index (κ1) is 23.0. The van der Waals surface area contributed by atoms with Crippen LogP contribution in [-0.4, -0.2) is 50.7 Å². The zero-order valence-corrected chi connectivity index (χ0v) is 19.7. The Labute approximate surface area is 197 Å². The molecule has 9 heteroatoms. The van der Waals surface area contributed by atoms with Crippen LogP contribution in [0.4, 0.5) is 0 Å². The van der Waals surface area contributed by atoms with Gasteiger partial charge in [-0.25, -0.2) is 4.68 Å². The van der Waals surface area contributed by atoms with E-state index in [1.165, 1.54) is 4.68 Å². The van der Waals surface area contributed by atoms with Crippen molar-refractivity contribution in [1.82, 2.24) is 24.6 Å². The molecule has 0 aliphatic carbocycles. The van der Waals surface area contributed by atoms with Crippen LogP contribution in [-0.2, 0) is 22.7 Å². The Balaban J connectivity index is 1.45. The summed E-state index contributed by atoms with van der Waals surface area (Å²) in [6.07, 6.45) is 3.85. The molecule has 4 rings (SSSR count). The minimum atomic E-state index is -0.288. The van der Waals surface area contributed by atoms with Crippen molar-refractivity contribution in [1.29, 1.82) is 0 Å². The third-order valence-corrected chi connectivity index (χ3v) is 6.65. The SMILES string of the molecule is Cc1c2cnn(CC(=O)NCCCN3CCCC3=O)c(=O)c2c(C)n1Cc1ccccc1Cl. The van der Waals surface area contributed by atoms with Gasteiger partial charge in [-0.3, -0.25) is 14.4 Å². The number of nitrogens with one attached hydrogen (secondary N) is 1. The Kier molecular flexibility index (Phi) is 6.83. The van der Waals surface area contributed by atoms with Gasteiger partial charge in [-0.15, -0.1) is 0 Å². The van der Waals surface area contributed by atoms with Crippen LogP contribution in [0.3, 0.4) is 0 Å². The van der Waals surface area contributed by atoms with Crippen LogP contribution < -0.4 is 10.9 Å². The minimum absolute atomic E-state index is 0.147. The summed E-state index contributed by atoms with van der Waals surface area (Å²) in [6.45, 7) is 6.14. The maximum Gasteiger partial charge on any atom is 0.276 e. The normalized spacial score (nSPS) is 13.8. The predicted molar refractivity (Wildman–Crippen MR) is 127 cm³/mol. The van der Waals surface area contributed by atoms with E-state index < -0.39 is 0 Å². The lowest BCUT2D eigenvalue weighted by molar-refractivity contribution is -0.127. The van der Waals surface area contributed by atoms with Crippen molar-refractivity contribution >= 4 is 34.2 Å². The highest BCUT2D eigenvalue weighted by molar-refractivity contribution is 6.31. The number of aryl methyl sites for hydroxylation is 2. The maximum absolute atomic E-state index is 13.1. The topological polar surface area (TPSA) is 89.2 Å². The molecule has 1 aromatic carbocycles. The highest BCUT2D eigenvalue weighted by Crippen LogP contribution is 2.25. The van der Waals surface area contributed by atoms with Gasteiger partial charge in [0.25, 0.3) is 5.56 Å². The third kappa shape index (κ3) is 4.80. The van der Waals surface area contributed by atoms with Gasteiger partial charge in [-0.2, -0.15) is 5.10 Å². The van der Waals surface area contributed by atoms with Gasteiger partial charge in [0.1, 0.15) is 6.54 Å². The molecule has 1 N–H and O–H groups in total. The fourth-order valence-corrected chi connectivity index (χ4v) is 4.62. The zero-order chi connectivity index (χ0) is 23.5. The van der Waals surface area contributed by atoms with Crippen LogP contribution in [0.5, 0.6) is 0 Å². The minimum Gasteiger partial charge on any atom is -0.354 e. The van der Waals surface area contributed by atoms with E-state index in [1.54, 1.807) is 6.20 Å². The molecular formula is C24H28ClN5O3. The van der Waals surface area contributed by atoms with Gasteiger partial charge in [0.05, 0.1) is 11.6 Å². The highest BCUT2D eigenvalue weighted by Gasteiger charge is 2.20. The molecule has 33 heavy (non-hydrogen) atoms. The lowest BCUT2D eigenvalue weighted by Crippen LogP contribution is -2.35. The number of fused-ring (bicyclic) bond motifs is 1. The summed E-state index contributed by atoms with van der Waals surface area (Å²) in [5.41, 5.74) is 2.43. The molecular weight excluding hydrogens is 442 g/mol. The Hall–Kier alpha value is -3.13. The first-order valence-corrected chi connectivity index (χ1v) is 11.6. The van der Waals surface area contributed by atoms with E-state index in [4.69, 9.17) is 11.6 Å². The van der Waals surface area contributed by atoms with E-state index >= 15 is 0 Å². The van der Waals surface area contributed by atoms with E-state index in [0.29, 0.717) is 42.9 Å². The lowest BCUT2D eigenvalue weighted by atomic mass is 10.2. The first-order valence-electron chi connectivity index (χ1n) is 11.2. The number of carbonyl (C=O) groups excluding carboxylic acids is 2. The second kappa shape index (κ2) is 9.79. The summed E-state index contributed by atoms with van der Waals surface area (Å²) in [6, 6.07) is 7.63. The summed E-state index contributed by atoms with van der Waals surface area (Å²) in [4.78, 5) is 39.0. The summed E-state index contributed by atoms with van der Waals surface area (Å²) in [5, 5.41) is 9.07. The molecule has 1 aliphatic heterocycles. The summed E-state index contributed by atoms with van der Waals surface area (Å²) in [7, 11) is 0. The molecule has 3 heterocycles. The molecule has 2 aromatic heterocycles. The fourth-order valence-electron chi connectivity index (χ4n) is 4.42. The molecule has 0 bridgehead atoms. The number of hydrogen-bond acceptors (Lipinski definition) is 4. The average molecular weight is 470 g/mol. The van der Waals surface area contributed by atoms with Crippen molar-refractivity contribution in [2.24, 2.45) is 0 Å². The van der Waals surface area contributed by atoms with Gasteiger partial charge in [-0.1, -0.05) is 29.8 Å². The predicted octanol–water partition coefficient (Wildman–Crippen LogP) is 2.65. The van der Waals surface area contributed by atoms with E-state index in [2.05, 4.69) is 15.0 Å². The summed E-state index contributed by atoms with van der Waals surface area (Å²) in [5.74, 6) is -0.0981. The van der Waals surface area contributed by atoms with Crippen LogP contribution in [0, 0.1) is 13.8 Å². The number of hydrogen-bond donors (Lipinski definition) is 1. The van der Waals surface area contributed by atoms with Crippen molar-refractivity contribution in [3.63, 3.8) is 0 Å². The number of benzene rings is 1. The number of amides is 2. The molecule has 1 aliphatic rings. The van der Waals surface area contributed by atoms with Crippen LogP contribution in [0.25, 0.3) is 10.8 Å². The monoisotopic (exact) mass is 469 g/mol. The van der Waals surface area contributed by atoms with Crippen molar-refractivity contribution in [2.45, 2.75) is 46.2 Å². The van der Waals surface area contributed by atoms with Crippen LogP contribution >= 0.6 is 11.6 Å². The maximum atomic E-state index is 13.1. The standard InChI is InChI=1S/C24H28ClN5O3/c1-16-19-13-27-30(15-21(31)26-10-6-12-28-11-5-9-22(28)32)24(33)23(19)17(2)29(16)14-18-7-3-4-8-20(18)25/h3-4,7-8,13H,5-6,9-12,14-15H2,1-2H3,(H,26,31). The van der Waals surface area contributed by atoms with Gasteiger partial charge in [0.2, 0.25) is 11.8 Å². The van der Waals surface area contributed by atoms with E-state index in [1.807, 2.05) is 43.0 Å². The van der Waals surface area contributed by atoms with Crippen LogP contribution in [0.1, 0.15) is 36.2 Å². The molecule has 2 amide bonds. The number of carbonyl (C=O) groups is 2. The summed E-state index contributed by atoms with van der Waals surface area (Å²) < 4.78 is 3.26. The van der Waals surface area contributed by atoms with Crippen molar-refractivity contribution in [3.05, 3.63) is 62.8 Å². The van der Waals surface area contributed by atoms with Gasteiger partial charge in [0.15, 0.2) is 0 Å². The zero-order valence-electron chi connectivity index (χ0n) is 18.9. The molecule has 0 unspecified atom stereocenters. The van der Waals surface area contributed by atoms with Crippen LogP contribution in [0.15, 0.2) is 35.3 Å². The Morgan fingerprint density at radius 2 is 1.97 bits per heavy atom. The van der Waals surface area contributed by atoms with E-state index in [9.17, 15) is 14.4 Å². The molecule has 1 saturated heterocycles. The third-order valence-electron chi connectivity index (χ3n) is 6.28. The number of rotatable bonds is 8. The number of halogens is 1. The van der Waals surface area contributed by atoms with E-state index in [0.717, 1.165) is 35.3 Å². The summed E-state index contributed by atoms with van der Waals surface area (Å²) >= 11 is 6.33. The second-order valence-electron chi connectivity index (χ2n) is 8.43. The fraction of sp³-hybridized carbons (Fsp3) is 0.417. The number of aromatic nitrogens is 3. The molecule has 0 saturated carbocycles. The van der Waals surface area contributed by atoms with E-state index in [-0.39, 0.29) is 23.9 Å². The smallest absolute Gasteiger partial charge is 0.276 e. The molecule has 3 aromatic rings. The average Bonchev–Trinajstić information content (AvgIpc) is 3.30. The molecule has 0 radical (unpaired) electrons. The van der Waals surface area contributed by atoms with Gasteiger partial charge < -0.3 is 14.8 Å². The van der Waals surface area contributed by atoms with Gasteiger partial charge in [0, 0.05) is 54.4 Å².